The lowest BCUT2D eigenvalue weighted by atomic mass is 10.1. The first-order valence-corrected chi connectivity index (χ1v) is 6.30. The van der Waals surface area contributed by atoms with Gasteiger partial charge in [-0.2, -0.15) is 0 Å². The average Bonchev–Trinajstić information content (AvgIpc) is 2.28. The molecule has 0 atom stereocenters. The predicted octanol–water partition coefficient (Wildman–Crippen LogP) is 2.14. The van der Waals surface area contributed by atoms with Gasteiger partial charge >= 0.3 is 0 Å². The Bertz CT molecular complexity index is 369. The highest BCUT2D eigenvalue weighted by Crippen LogP contribution is 2.13. The molecule has 0 aliphatic carbocycles. The molecule has 2 N–H and O–H groups in total. The lowest BCUT2D eigenvalue weighted by Gasteiger charge is -2.19. The highest BCUT2D eigenvalue weighted by Gasteiger charge is 2.06. The van der Waals surface area contributed by atoms with Crippen molar-refractivity contribution < 1.29 is 9.13 Å². The zero-order valence-corrected chi connectivity index (χ0v) is 11.4. The summed E-state index contributed by atoms with van der Waals surface area (Å²) in [4.78, 5) is 2.11. The second-order valence-corrected chi connectivity index (χ2v) is 4.77. The smallest absolute Gasteiger partial charge is 0.123 e. The molecule has 0 saturated heterocycles. The van der Waals surface area contributed by atoms with Gasteiger partial charge < -0.3 is 10.5 Å². The summed E-state index contributed by atoms with van der Waals surface area (Å²) in [7, 11) is 1.99. The molecule has 18 heavy (non-hydrogen) atoms. The maximum absolute atomic E-state index is 13.2. The number of nitrogens with two attached hydrogens (primary N) is 1. The second-order valence-electron chi connectivity index (χ2n) is 4.77. The number of benzene rings is 1. The first-order valence-electron chi connectivity index (χ1n) is 6.30. The van der Waals surface area contributed by atoms with Crippen LogP contribution in [0.1, 0.15) is 25.0 Å². The van der Waals surface area contributed by atoms with E-state index in [4.69, 9.17) is 10.5 Å². The Kier molecular flexibility index (Phi) is 6.25. The average molecular weight is 254 g/mol. The van der Waals surface area contributed by atoms with Crippen molar-refractivity contribution in [3.8, 4) is 0 Å². The van der Waals surface area contributed by atoms with Crippen molar-refractivity contribution in [1.82, 2.24) is 4.90 Å². The molecule has 0 heterocycles. The molecule has 1 aromatic carbocycles. The molecule has 0 aromatic heterocycles. The van der Waals surface area contributed by atoms with E-state index in [-0.39, 0.29) is 11.9 Å². The van der Waals surface area contributed by atoms with Crippen LogP contribution in [-0.4, -0.2) is 31.2 Å². The predicted molar refractivity (Wildman–Crippen MR) is 71.7 cm³/mol. The summed E-state index contributed by atoms with van der Waals surface area (Å²) < 4.78 is 18.7. The summed E-state index contributed by atoms with van der Waals surface area (Å²) in [6.07, 6.45) is 0.243. The summed E-state index contributed by atoms with van der Waals surface area (Å²) >= 11 is 0. The molecule has 0 radical (unpaired) electrons. The minimum Gasteiger partial charge on any atom is -0.377 e. The Morgan fingerprint density at radius 1 is 1.33 bits per heavy atom. The normalized spacial score (nSPS) is 11.5. The highest BCUT2D eigenvalue weighted by atomic mass is 19.1. The summed E-state index contributed by atoms with van der Waals surface area (Å²) in [6, 6.07) is 4.76. The monoisotopic (exact) mass is 254 g/mol. The molecule has 3 nitrogen and oxygen atoms in total. The third-order valence-electron chi connectivity index (χ3n) is 2.75. The van der Waals surface area contributed by atoms with E-state index < -0.39 is 0 Å². The van der Waals surface area contributed by atoms with Crippen LogP contribution >= 0.6 is 0 Å². The molecular formula is C14H23FN2O. The number of rotatable bonds is 7. The van der Waals surface area contributed by atoms with Gasteiger partial charge in [0.25, 0.3) is 0 Å². The molecule has 0 fully saturated rings. The summed E-state index contributed by atoms with van der Waals surface area (Å²) in [5.41, 5.74) is 7.59. The van der Waals surface area contributed by atoms with Gasteiger partial charge in [-0.1, -0.05) is 6.07 Å². The van der Waals surface area contributed by atoms with Crippen LogP contribution in [0.3, 0.4) is 0 Å². The fourth-order valence-electron chi connectivity index (χ4n) is 1.75. The van der Waals surface area contributed by atoms with Gasteiger partial charge in [0.1, 0.15) is 5.82 Å². The Hall–Kier alpha value is -0.970. The molecule has 0 saturated carbocycles. The van der Waals surface area contributed by atoms with Crippen molar-refractivity contribution in [3.05, 3.63) is 35.1 Å². The number of ether oxygens (including phenoxy) is 1. The van der Waals surface area contributed by atoms with Gasteiger partial charge in [-0.3, -0.25) is 4.90 Å². The summed E-state index contributed by atoms with van der Waals surface area (Å²) in [5.74, 6) is -0.214. The largest absolute Gasteiger partial charge is 0.377 e. The third-order valence-corrected chi connectivity index (χ3v) is 2.75. The molecule has 0 bridgehead atoms. The van der Waals surface area contributed by atoms with Crippen LogP contribution < -0.4 is 5.73 Å². The highest BCUT2D eigenvalue weighted by molar-refractivity contribution is 5.27. The van der Waals surface area contributed by atoms with Gasteiger partial charge in [-0.15, -0.1) is 0 Å². The van der Waals surface area contributed by atoms with Crippen LogP contribution in [0.2, 0.25) is 0 Å². The lowest BCUT2D eigenvalue weighted by molar-refractivity contribution is 0.0626. The van der Waals surface area contributed by atoms with Gasteiger partial charge in [0, 0.05) is 19.6 Å². The van der Waals surface area contributed by atoms with Crippen LogP contribution in [0.15, 0.2) is 18.2 Å². The Labute approximate surface area is 109 Å². The van der Waals surface area contributed by atoms with Crippen molar-refractivity contribution >= 4 is 0 Å². The maximum atomic E-state index is 13.2. The zero-order chi connectivity index (χ0) is 13.5. The fraction of sp³-hybridized carbons (Fsp3) is 0.571. The van der Waals surface area contributed by atoms with Crippen LogP contribution in [0.4, 0.5) is 4.39 Å². The van der Waals surface area contributed by atoms with Crippen molar-refractivity contribution in [1.29, 1.82) is 0 Å². The molecule has 1 rings (SSSR count). The Balaban J connectivity index is 2.52. The van der Waals surface area contributed by atoms with Crippen molar-refractivity contribution in [3.63, 3.8) is 0 Å². The molecule has 0 amide bonds. The Morgan fingerprint density at radius 2 is 2.06 bits per heavy atom. The standard InChI is InChI=1S/C14H23FN2O/c1-11(2)18-7-6-17(3)10-13-8-14(15)5-4-12(13)9-16/h4-5,8,11H,6-7,9-10,16H2,1-3H3. The van der Waals surface area contributed by atoms with Crippen LogP contribution in [0, 0.1) is 5.82 Å². The lowest BCUT2D eigenvalue weighted by Crippen LogP contribution is -2.24. The molecular weight excluding hydrogens is 231 g/mol. The quantitative estimate of drug-likeness (QED) is 0.810. The molecule has 0 aliphatic heterocycles. The van der Waals surface area contributed by atoms with Crippen LogP contribution in [0.25, 0.3) is 0 Å². The SMILES string of the molecule is CC(C)OCCN(C)Cc1cc(F)ccc1CN. The van der Waals surface area contributed by atoms with E-state index in [2.05, 4.69) is 4.90 Å². The first-order chi connectivity index (χ1) is 8.52. The molecule has 0 spiro atoms. The van der Waals surface area contributed by atoms with Crippen molar-refractivity contribution in [2.24, 2.45) is 5.73 Å². The van der Waals surface area contributed by atoms with Gasteiger partial charge in [0.05, 0.1) is 12.7 Å². The molecule has 102 valence electrons. The van der Waals surface area contributed by atoms with E-state index in [9.17, 15) is 4.39 Å². The zero-order valence-electron chi connectivity index (χ0n) is 11.4. The van der Waals surface area contributed by atoms with Gasteiger partial charge in [-0.25, -0.2) is 4.39 Å². The van der Waals surface area contributed by atoms with E-state index in [1.54, 1.807) is 12.1 Å². The van der Waals surface area contributed by atoms with E-state index in [1.165, 1.54) is 6.07 Å². The van der Waals surface area contributed by atoms with Gasteiger partial charge in [0.15, 0.2) is 0 Å². The maximum Gasteiger partial charge on any atom is 0.123 e. The van der Waals surface area contributed by atoms with E-state index in [1.807, 2.05) is 20.9 Å². The number of hydrogen-bond donors (Lipinski definition) is 1. The number of nitrogens with zero attached hydrogens (tertiary/aromatic N) is 1. The summed E-state index contributed by atoms with van der Waals surface area (Å²) in [5, 5.41) is 0. The minimum absolute atomic E-state index is 0.214. The first kappa shape index (κ1) is 15.1. The Morgan fingerprint density at radius 3 is 2.67 bits per heavy atom. The van der Waals surface area contributed by atoms with E-state index in [0.29, 0.717) is 19.7 Å². The molecule has 0 aliphatic rings. The number of halogens is 1. The van der Waals surface area contributed by atoms with Crippen molar-refractivity contribution in [2.45, 2.75) is 33.0 Å². The van der Waals surface area contributed by atoms with Gasteiger partial charge in [0.2, 0.25) is 0 Å². The van der Waals surface area contributed by atoms with Crippen LogP contribution in [-0.2, 0) is 17.8 Å². The van der Waals surface area contributed by atoms with E-state index >= 15 is 0 Å². The second kappa shape index (κ2) is 7.46. The molecule has 4 heteroatoms. The van der Waals surface area contributed by atoms with Gasteiger partial charge in [-0.05, 0) is 44.2 Å². The summed E-state index contributed by atoms with van der Waals surface area (Å²) in [6.45, 7) is 6.65. The fourth-order valence-corrected chi connectivity index (χ4v) is 1.75. The molecule has 1 aromatic rings. The third kappa shape index (κ3) is 5.12. The number of likely N-dealkylation sites (N-methyl/N-ethyl adjacent to an activating group) is 1. The van der Waals surface area contributed by atoms with Crippen molar-refractivity contribution in [2.75, 3.05) is 20.2 Å². The molecule has 0 unspecified atom stereocenters. The number of hydrogen-bond acceptors (Lipinski definition) is 3. The topological polar surface area (TPSA) is 38.5 Å². The van der Waals surface area contributed by atoms with E-state index in [0.717, 1.165) is 17.7 Å². The minimum atomic E-state index is -0.214. The van der Waals surface area contributed by atoms with Crippen LogP contribution in [0.5, 0.6) is 0 Å².